The number of esters is 2. The van der Waals surface area contributed by atoms with E-state index < -0.39 is 17.6 Å². The summed E-state index contributed by atoms with van der Waals surface area (Å²) in [4.78, 5) is 35.7. The van der Waals surface area contributed by atoms with Crippen LogP contribution in [0.5, 0.6) is 5.75 Å². The fourth-order valence-corrected chi connectivity index (χ4v) is 2.25. The molecule has 0 amide bonds. The maximum absolute atomic E-state index is 12.1. The highest BCUT2D eigenvalue weighted by molar-refractivity contribution is 5.94. The van der Waals surface area contributed by atoms with Gasteiger partial charge >= 0.3 is 17.6 Å². The summed E-state index contributed by atoms with van der Waals surface area (Å²) >= 11 is 0. The van der Waals surface area contributed by atoms with Gasteiger partial charge in [0.1, 0.15) is 16.9 Å². The fourth-order valence-electron chi connectivity index (χ4n) is 2.25. The van der Waals surface area contributed by atoms with E-state index in [1.54, 1.807) is 49.4 Å². The van der Waals surface area contributed by atoms with Gasteiger partial charge < -0.3 is 13.9 Å². The first kappa shape index (κ1) is 16.4. The third-order valence-corrected chi connectivity index (χ3v) is 3.42. The number of fused-ring (bicyclic) bond motifs is 1. The monoisotopic (exact) mass is 338 g/mol. The lowest BCUT2D eigenvalue weighted by Gasteiger charge is -2.06. The van der Waals surface area contributed by atoms with Crippen LogP contribution in [-0.4, -0.2) is 18.5 Å². The molecule has 0 radical (unpaired) electrons. The van der Waals surface area contributed by atoms with Gasteiger partial charge in [-0.1, -0.05) is 18.2 Å². The Bertz CT molecular complexity index is 988. The molecule has 6 nitrogen and oxygen atoms in total. The van der Waals surface area contributed by atoms with Crippen LogP contribution in [0.2, 0.25) is 0 Å². The molecule has 0 saturated carbocycles. The molecule has 0 atom stereocenters. The normalized spacial score (nSPS) is 10.4. The second-order valence-electron chi connectivity index (χ2n) is 5.12. The molecule has 1 aromatic heterocycles. The van der Waals surface area contributed by atoms with Crippen molar-refractivity contribution in [3.8, 4) is 5.75 Å². The van der Waals surface area contributed by atoms with Gasteiger partial charge in [-0.2, -0.15) is 0 Å². The Kier molecular flexibility index (Phi) is 4.61. The molecule has 25 heavy (non-hydrogen) atoms. The van der Waals surface area contributed by atoms with Crippen LogP contribution >= 0.6 is 0 Å². The van der Waals surface area contributed by atoms with Gasteiger partial charge in [0.15, 0.2) is 0 Å². The van der Waals surface area contributed by atoms with Crippen molar-refractivity contribution in [1.29, 1.82) is 0 Å². The van der Waals surface area contributed by atoms with E-state index in [1.165, 1.54) is 12.1 Å². The summed E-state index contributed by atoms with van der Waals surface area (Å²) in [7, 11) is 0. The van der Waals surface area contributed by atoms with Gasteiger partial charge in [0.25, 0.3) is 0 Å². The number of carbonyl (C=O) groups is 2. The van der Waals surface area contributed by atoms with Gasteiger partial charge in [0, 0.05) is 11.5 Å². The molecule has 0 spiro atoms. The molecule has 6 heteroatoms. The standard InChI is InChI=1S/C19H14O6/c1-2-23-18(21)15-10-13-8-9-14(11-16(13)25-19(15)22)24-17(20)12-6-4-3-5-7-12/h3-11H,2H2,1H3. The number of ether oxygens (including phenoxy) is 2. The van der Waals surface area contributed by atoms with Crippen molar-refractivity contribution in [2.75, 3.05) is 6.61 Å². The highest BCUT2D eigenvalue weighted by atomic mass is 16.5. The van der Waals surface area contributed by atoms with Crippen LogP contribution in [-0.2, 0) is 4.74 Å². The van der Waals surface area contributed by atoms with E-state index in [0.717, 1.165) is 0 Å². The van der Waals surface area contributed by atoms with Gasteiger partial charge in [-0.3, -0.25) is 0 Å². The van der Waals surface area contributed by atoms with E-state index >= 15 is 0 Å². The molecule has 1 heterocycles. The molecule has 0 bridgehead atoms. The van der Waals surface area contributed by atoms with Crippen molar-refractivity contribution < 1.29 is 23.5 Å². The second-order valence-corrected chi connectivity index (χ2v) is 5.12. The molecule has 0 N–H and O–H groups in total. The summed E-state index contributed by atoms with van der Waals surface area (Å²) in [6.45, 7) is 1.80. The predicted molar refractivity (Wildman–Crippen MR) is 89.8 cm³/mol. The van der Waals surface area contributed by atoms with Crippen LogP contribution in [0.15, 0.2) is 63.8 Å². The Labute approximate surface area is 142 Å². The van der Waals surface area contributed by atoms with E-state index in [-0.39, 0.29) is 23.5 Å². The first-order valence-corrected chi connectivity index (χ1v) is 7.60. The highest BCUT2D eigenvalue weighted by Gasteiger charge is 2.15. The number of hydrogen-bond donors (Lipinski definition) is 0. The molecule has 0 aliphatic rings. The summed E-state index contributed by atoms with van der Waals surface area (Å²) in [5.74, 6) is -1.03. The van der Waals surface area contributed by atoms with E-state index in [4.69, 9.17) is 13.9 Å². The number of hydrogen-bond acceptors (Lipinski definition) is 6. The lowest BCUT2D eigenvalue weighted by atomic mass is 10.2. The van der Waals surface area contributed by atoms with Crippen LogP contribution in [0, 0.1) is 0 Å². The molecule has 3 rings (SSSR count). The minimum absolute atomic E-state index is 0.157. The topological polar surface area (TPSA) is 82.8 Å². The highest BCUT2D eigenvalue weighted by Crippen LogP contribution is 2.21. The maximum Gasteiger partial charge on any atom is 0.351 e. The van der Waals surface area contributed by atoms with Crippen molar-refractivity contribution in [2.45, 2.75) is 6.92 Å². The average molecular weight is 338 g/mol. The summed E-state index contributed by atoms with van der Waals surface area (Å²) in [5.41, 5.74) is -0.376. The van der Waals surface area contributed by atoms with Crippen LogP contribution in [0.1, 0.15) is 27.6 Å². The van der Waals surface area contributed by atoms with Gasteiger partial charge in [-0.15, -0.1) is 0 Å². The van der Waals surface area contributed by atoms with E-state index in [1.807, 2.05) is 0 Å². The Morgan fingerprint density at radius 1 is 1.00 bits per heavy atom. The largest absolute Gasteiger partial charge is 0.462 e. The Hall–Kier alpha value is -3.41. The number of rotatable bonds is 4. The van der Waals surface area contributed by atoms with Gasteiger partial charge in [-0.25, -0.2) is 14.4 Å². The van der Waals surface area contributed by atoms with Gasteiger partial charge in [0.05, 0.1) is 12.2 Å². The van der Waals surface area contributed by atoms with Gasteiger partial charge in [0.2, 0.25) is 0 Å². The third-order valence-electron chi connectivity index (χ3n) is 3.42. The molecule has 0 aliphatic heterocycles. The van der Waals surface area contributed by atoms with Crippen LogP contribution in [0.3, 0.4) is 0 Å². The SMILES string of the molecule is CCOC(=O)c1cc2ccc(OC(=O)c3ccccc3)cc2oc1=O. The molecule has 0 unspecified atom stereocenters. The first-order chi connectivity index (χ1) is 12.1. The number of carbonyl (C=O) groups excluding carboxylic acids is 2. The van der Waals surface area contributed by atoms with Gasteiger partial charge in [-0.05, 0) is 37.3 Å². The minimum Gasteiger partial charge on any atom is -0.462 e. The van der Waals surface area contributed by atoms with Crippen molar-refractivity contribution in [1.82, 2.24) is 0 Å². The smallest absolute Gasteiger partial charge is 0.351 e. The quantitative estimate of drug-likeness (QED) is 0.413. The zero-order chi connectivity index (χ0) is 17.8. The van der Waals surface area contributed by atoms with Crippen molar-refractivity contribution >= 4 is 22.9 Å². The van der Waals surface area contributed by atoms with E-state index in [9.17, 15) is 14.4 Å². The van der Waals surface area contributed by atoms with E-state index in [0.29, 0.717) is 10.9 Å². The molecular formula is C19H14O6. The molecule has 0 fully saturated rings. The molecule has 2 aromatic carbocycles. The lowest BCUT2D eigenvalue weighted by Crippen LogP contribution is -2.16. The zero-order valence-corrected chi connectivity index (χ0v) is 13.4. The summed E-state index contributed by atoms with van der Waals surface area (Å²) < 4.78 is 15.2. The van der Waals surface area contributed by atoms with Crippen molar-refractivity contribution in [2.24, 2.45) is 0 Å². The molecular weight excluding hydrogens is 324 g/mol. The first-order valence-electron chi connectivity index (χ1n) is 7.60. The zero-order valence-electron chi connectivity index (χ0n) is 13.4. The second kappa shape index (κ2) is 7.00. The Balaban J connectivity index is 1.90. The van der Waals surface area contributed by atoms with E-state index in [2.05, 4.69) is 0 Å². The Morgan fingerprint density at radius 2 is 1.76 bits per heavy atom. The summed E-state index contributed by atoms with van der Waals surface area (Å²) in [6.07, 6.45) is 0. The van der Waals surface area contributed by atoms with Crippen molar-refractivity contribution in [3.05, 3.63) is 76.1 Å². The molecule has 0 aliphatic carbocycles. The molecule has 0 saturated heterocycles. The minimum atomic E-state index is -0.808. The summed E-state index contributed by atoms with van der Waals surface area (Å²) in [5, 5.41) is 0.516. The lowest BCUT2D eigenvalue weighted by molar-refractivity contribution is 0.0521. The fraction of sp³-hybridized carbons (Fsp3) is 0.105. The number of benzene rings is 2. The Morgan fingerprint density at radius 3 is 2.48 bits per heavy atom. The molecule has 126 valence electrons. The van der Waals surface area contributed by atoms with Crippen LogP contribution in [0.4, 0.5) is 0 Å². The summed E-state index contributed by atoms with van der Waals surface area (Å²) in [6, 6.07) is 14.5. The average Bonchev–Trinajstić information content (AvgIpc) is 2.62. The predicted octanol–water partition coefficient (Wildman–Crippen LogP) is 3.19. The molecule has 3 aromatic rings. The van der Waals surface area contributed by atoms with Crippen molar-refractivity contribution in [3.63, 3.8) is 0 Å². The third kappa shape index (κ3) is 3.58. The van der Waals surface area contributed by atoms with Crippen LogP contribution in [0.25, 0.3) is 11.0 Å². The van der Waals surface area contributed by atoms with Crippen LogP contribution < -0.4 is 10.4 Å². The maximum atomic E-state index is 12.1.